The maximum absolute atomic E-state index is 6.87. The number of aromatic nitrogens is 6. The van der Waals surface area contributed by atoms with Crippen molar-refractivity contribution in [3.05, 3.63) is 109 Å². The molecule has 224 valence electrons. The zero-order chi connectivity index (χ0) is 30.0. The van der Waals surface area contributed by atoms with Gasteiger partial charge in [0.25, 0.3) is 0 Å². The Hall–Kier alpha value is -5.24. The van der Waals surface area contributed by atoms with Crippen LogP contribution in [0.2, 0.25) is 0 Å². The number of benzene rings is 4. The molecule has 8 nitrogen and oxygen atoms in total. The Morgan fingerprint density at radius 3 is 1.17 bits per heavy atom. The van der Waals surface area contributed by atoms with Crippen LogP contribution < -0.4 is 0 Å². The Balaban J connectivity index is 1.12. The first-order valence-corrected chi connectivity index (χ1v) is 16.4. The fourth-order valence-electron chi connectivity index (χ4n) is 9.92. The second-order valence-electron chi connectivity index (χ2n) is 13.7. The fourth-order valence-corrected chi connectivity index (χ4v) is 9.92. The molecule has 46 heavy (non-hydrogen) atoms. The molecule has 12 rings (SSSR count). The van der Waals surface area contributed by atoms with Gasteiger partial charge in [0.15, 0.2) is 0 Å². The monoisotopic (exact) mass is 602 g/mol. The minimum Gasteiger partial charge on any atom is -0.406 e. The van der Waals surface area contributed by atoms with E-state index in [2.05, 4.69) is 106 Å². The lowest BCUT2D eigenvalue weighted by molar-refractivity contribution is -0.0632. The maximum atomic E-state index is 6.87. The average molecular weight is 603 g/mol. The molecule has 0 unspecified atom stereocenters. The topological polar surface area (TPSA) is 87.7 Å². The van der Waals surface area contributed by atoms with Crippen LogP contribution in [0.3, 0.4) is 0 Å². The summed E-state index contributed by atoms with van der Waals surface area (Å²) < 4.78 is 17.9. The van der Waals surface area contributed by atoms with Gasteiger partial charge >= 0.3 is 12.0 Å². The van der Waals surface area contributed by atoms with Crippen LogP contribution in [0.25, 0.3) is 55.6 Å². The van der Waals surface area contributed by atoms with Crippen molar-refractivity contribution in [2.75, 3.05) is 0 Å². The Morgan fingerprint density at radius 2 is 0.804 bits per heavy atom. The highest BCUT2D eigenvalue weighted by molar-refractivity contribution is 6.09. The summed E-state index contributed by atoms with van der Waals surface area (Å²) in [6, 6.07) is 34.6. The molecule has 0 spiro atoms. The van der Waals surface area contributed by atoms with E-state index in [9.17, 15) is 0 Å². The number of rotatable bonds is 4. The Labute approximate surface area is 263 Å². The van der Waals surface area contributed by atoms with Gasteiger partial charge < -0.3 is 8.83 Å². The lowest BCUT2D eigenvalue weighted by atomic mass is 9.45. The third kappa shape index (κ3) is 3.14. The maximum Gasteiger partial charge on any atom is 0.327 e. The number of para-hydroxylation sites is 4. The minimum absolute atomic E-state index is 0.307. The summed E-state index contributed by atoms with van der Waals surface area (Å²) >= 11 is 0. The van der Waals surface area contributed by atoms with Crippen molar-refractivity contribution in [2.24, 2.45) is 23.7 Å². The number of hydrogen-bond donors (Lipinski definition) is 0. The third-order valence-electron chi connectivity index (χ3n) is 11.5. The van der Waals surface area contributed by atoms with Crippen LogP contribution in [0, 0.1) is 23.7 Å². The molecule has 0 atom stereocenters. The molecule has 0 N–H and O–H groups in total. The molecule has 0 radical (unpaired) electrons. The molecule has 4 aliphatic rings. The normalized spacial score (nSPS) is 23.4. The van der Waals surface area contributed by atoms with E-state index in [1.807, 2.05) is 0 Å². The van der Waals surface area contributed by atoms with E-state index >= 15 is 0 Å². The second-order valence-corrected chi connectivity index (χ2v) is 13.7. The molecular weight excluding hydrogens is 572 g/mol. The van der Waals surface area contributed by atoms with Crippen LogP contribution in [-0.4, -0.2) is 29.5 Å². The van der Waals surface area contributed by atoms with Crippen LogP contribution in [-0.2, 0) is 5.41 Å². The molecule has 8 heteroatoms. The van der Waals surface area contributed by atoms with Crippen LogP contribution in [0.5, 0.6) is 0 Å². The summed E-state index contributed by atoms with van der Waals surface area (Å²) in [5.74, 6) is 3.29. The van der Waals surface area contributed by atoms with Crippen molar-refractivity contribution in [2.45, 2.75) is 37.5 Å². The summed E-state index contributed by atoms with van der Waals surface area (Å²) in [6.07, 6.45) is 5.80. The van der Waals surface area contributed by atoms with Crippen molar-refractivity contribution in [1.29, 1.82) is 0 Å². The highest BCUT2D eigenvalue weighted by atomic mass is 16.4. The molecule has 4 heterocycles. The summed E-state index contributed by atoms with van der Waals surface area (Å²) in [4.78, 5) is 0. The van der Waals surface area contributed by atoms with Crippen LogP contribution in [0.15, 0.2) is 106 Å². The summed E-state index contributed by atoms with van der Waals surface area (Å²) in [5, 5.41) is 23.9. The van der Waals surface area contributed by atoms with E-state index in [0.29, 0.717) is 35.6 Å². The van der Waals surface area contributed by atoms with E-state index in [0.717, 1.165) is 81.1 Å². The van der Waals surface area contributed by atoms with E-state index in [1.54, 1.807) is 0 Å². The first-order chi connectivity index (χ1) is 22.8. The summed E-state index contributed by atoms with van der Waals surface area (Å²) in [6.45, 7) is 0. The Kier molecular flexibility index (Phi) is 4.86. The standard InChI is InChI=1S/C38H30N6O2/c1-5-13-30-26(9-1)27-10-2-6-14-31(27)43(30)36-41-39-34(45-36)38(24-18-22-17-23(20-24)21-25(38)19-22)35-40-42-37(46-35)44-32-15-7-3-11-28(32)29-12-4-8-16-33(29)44/h1-16,22-25H,17-21H2. The van der Waals surface area contributed by atoms with Gasteiger partial charge in [-0.25, -0.2) is 0 Å². The van der Waals surface area contributed by atoms with E-state index < -0.39 is 5.41 Å². The quantitative estimate of drug-likeness (QED) is 0.201. The van der Waals surface area contributed by atoms with Gasteiger partial charge in [0.1, 0.15) is 5.41 Å². The summed E-state index contributed by atoms with van der Waals surface area (Å²) in [5.41, 5.74) is 3.56. The lowest BCUT2D eigenvalue weighted by Crippen LogP contribution is -2.56. The van der Waals surface area contributed by atoms with E-state index in [1.165, 1.54) is 6.42 Å². The minimum atomic E-state index is -0.624. The van der Waals surface area contributed by atoms with E-state index in [-0.39, 0.29) is 0 Å². The average Bonchev–Trinajstić information content (AvgIpc) is 3.88. The largest absolute Gasteiger partial charge is 0.406 e. The molecule has 4 bridgehead atoms. The molecule has 4 fully saturated rings. The van der Waals surface area contributed by atoms with Crippen LogP contribution >= 0.6 is 0 Å². The molecule has 4 aromatic carbocycles. The predicted molar refractivity (Wildman–Crippen MR) is 175 cm³/mol. The first kappa shape index (κ1) is 25.0. The van der Waals surface area contributed by atoms with Crippen molar-refractivity contribution >= 4 is 43.6 Å². The van der Waals surface area contributed by atoms with Gasteiger partial charge in [0, 0.05) is 21.5 Å². The fraction of sp³-hybridized carbons (Fsp3) is 0.263. The van der Waals surface area contributed by atoms with E-state index in [4.69, 9.17) is 29.2 Å². The molecular formula is C38H30N6O2. The van der Waals surface area contributed by atoms with Gasteiger partial charge in [-0.2, -0.15) is 0 Å². The summed E-state index contributed by atoms with van der Waals surface area (Å²) in [7, 11) is 0. The molecule has 0 saturated heterocycles. The zero-order valence-electron chi connectivity index (χ0n) is 25.1. The van der Waals surface area contributed by atoms with Gasteiger partial charge in [0.05, 0.1) is 22.1 Å². The molecule has 0 amide bonds. The predicted octanol–water partition coefficient (Wildman–Crippen LogP) is 8.39. The zero-order valence-corrected chi connectivity index (χ0v) is 25.1. The van der Waals surface area contributed by atoms with Crippen molar-refractivity contribution in [3.63, 3.8) is 0 Å². The van der Waals surface area contributed by atoms with Gasteiger partial charge in [-0.05, 0) is 80.0 Å². The molecule has 8 aromatic rings. The Morgan fingerprint density at radius 1 is 0.457 bits per heavy atom. The highest BCUT2D eigenvalue weighted by Gasteiger charge is 2.64. The van der Waals surface area contributed by atoms with Crippen molar-refractivity contribution in [1.82, 2.24) is 29.5 Å². The first-order valence-electron chi connectivity index (χ1n) is 16.4. The smallest absolute Gasteiger partial charge is 0.327 e. The molecule has 4 aromatic heterocycles. The SMILES string of the molecule is c1ccc2c(c1)c1ccccc1n2-c1nnc(C2(c3nnc(-n4c5ccccc5c5ccccc54)o3)C3CC4CC(C3)CC2C4)o1. The van der Waals surface area contributed by atoms with Gasteiger partial charge in [-0.3, -0.25) is 9.13 Å². The van der Waals surface area contributed by atoms with Gasteiger partial charge in [-0.15, -0.1) is 10.2 Å². The molecule has 4 saturated carbocycles. The van der Waals surface area contributed by atoms with Crippen molar-refractivity contribution < 1.29 is 8.83 Å². The van der Waals surface area contributed by atoms with Gasteiger partial charge in [-0.1, -0.05) is 83.0 Å². The number of hydrogen-bond acceptors (Lipinski definition) is 6. The lowest BCUT2D eigenvalue weighted by Gasteiger charge is -2.58. The number of nitrogens with zero attached hydrogens (tertiary/aromatic N) is 6. The van der Waals surface area contributed by atoms with Crippen LogP contribution in [0.4, 0.5) is 0 Å². The number of fused-ring (bicyclic) bond motifs is 6. The highest BCUT2D eigenvalue weighted by Crippen LogP contribution is 2.64. The van der Waals surface area contributed by atoms with Crippen LogP contribution in [0.1, 0.15) is 43.9 Å². The Bertz CT molecular complexity index is 2190. The van der Waals surface area contributed by atoms with Gasteiger partial charge in [0.2, 0.25) is 11.8 Å². The van der Waals surface area contributed by atoms with Crippen molar-refractivity contribution in [3.8, 4) is 12.0 Å². The molecule has 4 aliphatic carbocycles. The third-order valence-corrected chi connectivity index (χ3v) is 11.5. The second kappa shape index (κ2) is 8.94. The molecule has 0 aliphatic heterocycles.